The quantitative estimate of drug-likeness (QED) is 0.841. The second-order valence-electron chi connectivity index (χ2n) is 7.14. The Bertz CT molecular complexity index is 731. The molecule has 0 spiro atoms. The highest BCUT2D eigenvalue weighted by Crippen LogP contribution is 2.27. The van der Waals surface area contributed by atoms with Gasteiger partial charge in [0.25, 0.3) is 0 Å². The highest BCUT2D eigenvalue weighted by atomic mass is 32.1. The Hall–Kier alpha value is -2.02. The molecule has 1 unspecified atom stereocenters. The van der Waals surface area contributed by atoms with Crippen molar-refractivity contribution in [3.8, 4) is 0 Å². The third-order valence-electron chi connectivity index (χ3n) is 4.60. The van der Waals surface area contributed by atoms with E-state index in [4.69, 9.17) is 0 Å². The maximum absolute atomic E-state index is 13.0. The van der Waals surface area contributed by atoms with E-state index in [0.717, 1.165) is 48.2 Å². The molecular weight excluding hydrogens is 351 g/mol. The molecule has 1 saturated heterocycles. The first-order chi connectivity index (χ1) is 12.5. The van der Waals surface area contributed by atoms with Crippen molar-refractivity contribution in [2.45, 2.75) is 33.1 Å². The number of rotatable bonds is 6. The number of halogens is 1. The molecule has 1 atom stereocenters. The molecule has 1 aromatic heterocycles. The molecule has 5 nitrogen and oxygen atoms in total. The van der Waals surface area contributed by atoms with Crippen LogP contribution in [0, 0.1) is 17.7 Å². The number of anilines is 1. The summed E-state index contributed by atoms with van der Waals surface area (Å²) in [4.78, 5) is 14.0. The Kier molecular flexibility index (Phi) is 6.19. The van der Waals surface area contributed by atoms with Gasteiger partial charge in [0.1, 0.15) is 10.8 Å². The van der Waals surface area contributed by atoms with Gasteiger partial charge in [0, 0.05) is 32.0 Å². The van der Waals surface area contributed by atoms with Crippen molar-refractivity contribution in [2.75, 3.05) is 24.5 Å². The number of nitrogens with zero attached hydrogens (tertiary/aromatic N) is 3. The van der Waals surface area contributed by atoms with E-state index in [1.807, 2.05) is 13.8 Å². The molecule has 1 aliphatic heterocycles. The van der Waals surface area contributed by atoms with E-state index in [2.05, 4.69) is 20.4 Å². The summed E-state index contributed by atoms with van der Waals surface area (Å²) in [6.45, 7) is 6.40. The van der Waals surface area contributed by atoms with Crippen LogP contribution in [0.5, 0.6) is 0 Å². The molecule has 7 heteroatoms. The zero-order chi connectivity index (χ0) is 18.5. The summed E-state index contributed by atoms with van der Waals surface area (Å²) in [6.07, 6.45) is 2.88. The van der Waals surface area contributed by atoms with Crippen LogP contribution in [0.25, 0.3) is 0 Å². The lowest BCUT2D eigenvalue weighted by atomic mass is 9.98. The lowest BCUT2D eigenvalue weighted by Crippen LogP contribution is -2.41. The monoisotopic (exact) mass is 376 g/mol. The van der Waals surface area contributed by atoms with Gasteiger partial charge in [-0.15, -0.1) is 10.2 Å². The minimum atomic E-state index is -0.226. The maximum atomic E-state index is 13.0. The fraction of sp³-hybridized carbons (Fsp3) is 0.526. The lowest BCUT2D eigenvalue weighted by Gasteiger charge is -2.32. The minimum absolute atomic E-state index is 0.0203. The number of amides is 1. The summed E-state index contributed by atoms with van der Waals surface area (Å²) in [5.74, 6) is 0.345. The number of carbonyl (C=O) groups is 1. The van der Waals surface area contributed by atoms with Gasteiger partial charge in [-0.05, 0) is 36.5 Å². The van der Waals surface area contributed by atoms with Crippen LogP contribution in [0.15, 0.2) is 24.3 Å². The summed E-state index contributed by atoms with van der Waals surface area (Å²) >= 11 is 1.59. The van der Waals surface area contributed by atoms with Crippen molar-refractivity contribution in [1.82, 2.24) is 15.5 Å². The molecular formula is C19H25FN4OS. The van der Waals surface area contributed by atoms with Crippen molar-refractivity contribution < 1.29 is 9.18 Å². The van der Waals surface area contributed by atoms with Gasteiger partial charge >= 0.3 is 0 Å². The molecule has 26 heavy (non-hydrogen) atoms. The number of aromatic nitrogens is 2. The van der Waals surface area contributed by atoms with Gasteiger partial charge < -0.3 is 10.2 Å². The van der Waals surface area contributed by atoms with Crippen molar-refractivity contribution in [2.24, 2.45) is 11.8 Å². The Morgan fingerprint density at radius 3 is 2.85 bits per heavy atom. The average Bonchev–Trinajstić information content (AvgIpc) is 3.10. The topological polar surface area (TPSA) is 58.1 Å². The number of hydrogen-bond donors (Lipinski definition) is 1. The molecule has 1 amide bonds. The van der Waals surface area contributed by atoms with Crippen molar-refractivity contribution in [3.63, 3.8) is 0 Å². The molecule has 2 aromatic rings. The number of benzene rings is 1. The Balaban J connectivity index is 1.56. The number of nitrogens with one attached hydrogen (secondary N) is 1. The van der Waals surface area contributed by atoms with Gasteiger partial charge in [0.15, 0.2) is 0 Å². The molecule has 3 rings (SSSR count). The second-order valence-corrected chi connectivity index (χ2v) is 8.18. The molecule has 0 radical (unpaired) electrons. The fourth-order valence-corrected chi connectivity index (χ4v) is 3.98. The smallest absolute Gasteiger partial charge is 0.222 e. The summed E-state index contributed by atoms with van der Waals surface area (Å²) in [6, 6.07) is 6.51. The van der Waals surface area contributed by atoms with Crippen LogP contribution in [0.1, 0.15) is 37.3 Å². The van der Waals surface area contributed by atoms with Crippen LogP contribution in [0.3, 0.4) is 0 Å². The predicted molar refractivity (Wildman–Crippen MR) is 102 cm³/mol. The molecule has 1 fully saturated rings. The molecule has 140 valence electrons. The second kappa shape index (κ2) is 8.58. The lowest BCUT2D eigenvalue weighted by molar-refractivity contribution is -0.124. The highest BCUT2D eigenvalue weighted by molar-refractivity contribution is 7.15. The highest BCUT2D eigenvalue weighted by Gasteiger charge is 2.23. The number of carbonyl (C=O) groups excluding carboxylic acids is 1. The van der Waals surface area contributed by atoms with Crippen molar-refractivity contribution >= 4 is 22.4 Å². The van der Waals surface area contributed by atoms with Gasteiger partial charge in [0.2, 0.25) is 11.0 Å². The molecule has 0 aliphatic carbocycles. The third kappa shape index (κ3) is 5.00. The normalized spacial score (nSPS) is 17.5. The zero-order valence-corrected chi connectivity index (χ0v) is 16.1. The molecule has 0 saturated carbocycles. The number of hydrogen-bond acceptors (Lipinski definition) is 5. The molecule has 2 heterocycles. The van der Waals surface area contributed by atoms with Gasteiger partial charge in [-0.1, -0.05) is 37.3 Å². The Morgan fingerprint density at radius 1 is 1.35 bits per heavy atom. The van der Waals surface area contributed by atoms with E-state index >= 15 is 0 Å². The Morgan fingerprint density at radius 2 is 2.12 bits per heavy atom. The van der Waals surface area contributed by atoms with Gasteiger partial charge in [-0.25, -0.2) is 4.39 Å². The Labute approximate surface area is 157 Å². The molecule has 1 aliphatic rings. The van der Waals surface area contributed by atoms with Crippen molar-refractivity contribution in [1.29, 1.82) is 0 Å². The first-order valence-electron chi connectivity index (χ1n) is 9.10. The summed E-state index contributed by atoms with van der Waals surface area (Å²) in [7, 11) is 0. The van der Waals surface area contributed by atoms with E-state index in [1.54, 1.807) is 23.5 Å². The van der Waals surface area contributed by atoms with Gasteiger partial charge in [-0.3, -0.25) is 4.79 Å². The predicted octanol–water partition coefficient (Wildman–Crippen LogP) is 3.26. The van der Waals surface area contributed by atoms with Gasteiger partial charge in [0.05, 0.1) is 0 Å². The van der Waals surface area contributed by atoms with Crippen LogP contribution in [0.2, 0.25) is 0 Å². The van der Waals surface area contributed by atoms with Crippen LogP contribution in [0.4, 0.5) is 9.52 Å². The number of piperidine rings is 1. The SMILES string of the molecule is CC(C)C(=O)NCC1CCCN(c2nnc(Cc3ccc(F)cc3)s2)C1. The van der Waals surface area contributed by atoms with Gasteiger partial charge in [-0.2, -0.15) is 0 Å². The van der Waals surface area contributed by atoms with Crippen LogP contribution in [-0.2, 0) is 11.2 Å². The van der Waals surface area contributed by atoms with E-state index in [9.17, 15) is 9.18 Å². The third-order valence-corrected chi connectivity index (χ3v) is 5.59. The van der Waals surface area contributed by atoms with E-state index in [-0.39, 0.29) is 17.6 Å². The van der Waals surface area contributed by atoms with Crippen LogP contribution in [-0.4, -0.2) is 35.7 Å². The summed E-state index contributed by atoms with van der Waals surface area (Å²) in [5.41, 5.74) is 1.03. The minimum Gasteiger partial charge on any atom is -0.356 e. The van der Waals surface area contributed by atoms with Crippen LogP contribution < -0.4 is 10.2 Å². The van der Waals surface area contributed by atoms with Crippen LogP contribution >= 0.6 is 11.3 Å². The fourth-order valence-electron chi connectivity index (χ4n) is 3.08. The van der Waals surface area contributed by atoms with E-state index in [1.165, 1.54) is 12.1 Å². The standard InChI is InChI=1S/C19H25FN4OS/c1-13(2)18(25)21-11-15-4-3-9-24(12-15)19-23-22-17(26-19)10-14-5-7-16(20)8-6-14/h5-8,13,15H,3-4,9-12H2,1-2H3,(H,21,25). The van der Waals surface area contributed by atoms with E-state index < -0.39 is 0 Å². The summed E-state index contributed by atoms with van der Waals surface area (Å²) < 4.78 is 13.0. The maximum Gasteiger partial charge on any atom is 0.222 e. The zero-order valence-electron chi connectivity index (χ0n) is 15.2. The molecule has 1 N–H and O–H groups in total. The summed E-state index contributed by atoms with van der Waals surface area (Å²) in [5, 5.41) is 13.5. The first-order valence-corrected chi connectivity index (χ1v) is 9.92. The first kappa shape index (κ1) is 18.8. The molecule has 1 aromatic carbocycles. The molecule has 0 bridgehead atoms. The largest absolute Gasteiger partial charge is 0.356 e. The van der Waals surface area contributed by atoms with E-state index in [0.29, 0.717) is 12.3 Å². The van der Waals surface area contributed by atoms with Crippen molar-refractivity contribution in [3.05, 3.63) is 40.7 Å². The average molecular weight is 377 g/mol.